The number of hydrogen-bond acceptors (Lipinski definition) is 3. The van der Waals surface area contributed by atoms with Crippen molar-refractivity contribution in [2.45, 2.75) is 73.1 Å². The minimum atomic E-state index is 0.149. The van der Waals surface area contributed by atoms with Gasteiger partial charge in [0.15, 0.2) is 0 Å². The summed E-state index contributed by atoms with van der Waals surface area (Å²) in [5.41, 5.74) is 5.22. The van der Waals surface area contributed by atoms with E-state index in [0.29, 0.717) is 25.4 Å². The molecule has 3 rings (SSSR count). The highest BCUT2D eigenvalue weighted by molar-refractivity contribution is 5.76. The number of carbonyl (C=O) groups is 1. The maximum Gasteiger partial charge on any atom is 0.223 e. The van der Waals surface area contributed by atoms with Crippen LogP contribution in [-0.2, 0) is 22.6 Å². The Balaban J connectivity index is 1.78. The molecule has 1 aromatic carbocycles. The first-order valence-corrected chi connectivity index (χ1v) is 10.8. The SMILES string of the molecule is Cc1cc(C)c(Cn2ccnc2CN(CC2CCCO2)C(=O)CC(C)C)c(C)c1. The van der Waals surface area contributed by atoms with Gasteiger partial charge in [0.25, 0.3) is 0 Å². The van der Waals surface area contributed by atoms with E-state index in [4.69, 9.17) is 4.74 Å². The largest absolute Gasteiger partial charge is 0.376 e. The van der Waals surface area contributed by atoms with Crippen molar-refractivity contribution >= 4 is 5.91 Å². The molecule has 2 heterocycles. The number of carbonyl (C=O) groups excluding carboxylic acids is 1. The Morgan fingerprint density at radius 2 is 2.00 bits per heavy atom. The van der Waals surface area contributed by atoms with Crippen LogP contribution in [-0.4, -0.2) is 39.6 Å². The predicted molar refractivity (Wildman–Crippen MR) is 116 cm³/mol. The maximum absolute atomic E-state index is 12.9. The zero-order valence-corrected chi connectivity index (χ0v) is 18.6. The lowest BCUT2D eigenvalue weighted by molar-refractivity contribution is -0.134. The van der Waals surface area contributed by atoms with Gasteiger partial charge in [-0.05, 0) is 56.2 Å². The van der Waals surface area contributed by atoms with Crippen molar-refractivity contribution in [2.75, 3.05) is 13.2 Å². The van der Waals surface area contributed by atoms with E-state index in [0.717, 1.165) is 31.8 Å². The Morgan fingerprint density at radius 1 is 1.28 bits per heavy atom. The summed E-state index contributed by atoms with van der Waals surface area (Å²) >= 11 is 0. The Morgan fingerprint density at radius 3 is 2.62 bits per heavy atom. The van der Waals surface area contributed by atoms with E-state index in [2.05, 4.69) is 56.3 Å². The van der Waals surface area contributed by atoms with Crippen molar-refractivity contribution in [3.63, 3.8) is 0 Å². The number of amides is 1. The number of aromatic nitrogens is 2. The summed E-state index contributed by atoms with van der Waals surface area (Å²) in [4.78, 5) is 19.5. The number of imidazole rings is 1. The van der Waals surface area contributed by atoms with Crippen LogP contribution in [0, 0.1) is 26.7 Å². The van der Waals surface area contributed by atoms with Gasteiger partial charge in [-0.25, -0.2) is 4.98 Å². The third kappa shape index (κ3) is 5.69. The topological polar surface area (TPSA) is 47.4 Å². The van der Waals surface area contributed by atoms with E-state index >= 15 is 0 Å². The van der Waals surface area contributed by atoms with E-state index in [1.807, 2.05) is 17.3 Å². The Labute approximate surface area is 175 Å². The fourth-order valence-corrected chi connectivity index (χ4v) is 4.20. The number of hydrogen-bond donors (Lipinski definition) is 0. The fourth-order valence-electron chi connectivity index (χ4n) is 4.20. The smallest absolute Gasteiger partial charge is 0.223 e. The molecule has 5 nitrogen and oxygen atoms in total. The molecular formula is C24H35N3O2. The molecule has 1 aliphatic heterocycles. The van der Waals surface area contributed by atoms with Crippen molar-refractivity contribution in [1.82, 2.24) is 14.5 Å². The van der Waals surface area contributed by atoms with Gasteiger partial charge in [-0.15, -0.1) is 0 Å². The van der Waals surface area contributed by atoms with Gasteiger partial charge in [-0.1, -0.05) is 31.5 Å². The first-order valence-electron chi connectivity index (χ1n) is 10.8. The molecule has 0 spiro atoms. The molecule has 0 aliphatic carbocycles. The summed E-state index contributed by atoms with van der Waals surface area (Å²) in [6.07, 6.45) is 6.68. The van der Waals surface area contributed by atoms with Crippen LogP contribution < -0.4 is 0 Å². The fraction of sp³-hybridized carbons (Fsp3) is 0.583. The molecule has 2 aromatic rings. The second-order valence-corrected chi connectivity index (χ2v) is 8.86. The minimum Gasteiger partial charge on any atom is -0.376 e. The summed E-state index contributed by atoms with van der Waals surface area (Å²) in [5, 5.41) is 0. The summed E-state index contributed by atoms with van der Waals surface area (Å²) in [7, 11) is 0. The van der Waals surface area contributed by atoms with Crippen molar-refractivity contribution in [1.29, 1.82) is 0 Å². The molecule has 0 saturated carbocycles. The van der Waals surface area contributed by atoms with Crippen LogP contribution in [0.2, 0.25) is 0 Å². The number of rotatable bonds is 8. The second kappa shape index (κ2) is 9.57. The zero-order chi connectivity index (χ0) is 21.0. The Hall–Kier alpha value is -2.14. The molecule has 1 atom stereocenters. The quantitative estimate of drug-likeness (QED) is 0.663. The van der Waals surface area contributed by atoms with E-state index < -0.39 is 0 Å². The number of benzene rings is 1. The summed E-state index contributed by atoms with van der Waals surface area (Å²) in [6.45, 7) is 13.4. The van der Waals surface area contributed by atoms with Crippen molar-refractivity contribution in [2.24, 2.45) is 5.92 Å². The molecule has 0 N–H and O–H groups in total. The van der Waals surface area contributed by atoms with Crippen LogP contribution in [0.4, 0.5) is 0 Å². The highest BCUT2D eigenvalue weighted by Gasteiger charge is 2.24. The Kier molecular flexibility index (Phi) is 7.12. The van der Waals surface area contributed by atoms with E-state index in [1.54, 1.807) is 0 Å². The Bertz CT molecular complexity index is 811. The molecule has 0 radical (unpaired) electrons. The van der Waals surface area contributed by atoms with Gasteiger partial charge >= 0.3 is 0 Å². The highest BCUT2D eigenvalue weighted by atomic mass is 16.5. The maximum atomic E-state index is 12.9. The highest BCUT2D eigenvalue weighted by Crippen LogP contribution is 2.20. The van der Waals surface area contributed by atoms with Gasteiger partial charge in [0.2, 0.25) is 5.91 Å². The summed E-state index contributed by atoms with van der Waals surface area (Å²) in [5.74, 6) is 1.46. The average Bonchev–Trinajstić information content (AvgIpc) is 3.29. The monoisotopic (exact) mass is 397 g/mol. The van der Waals surface area contributed by atoms with Gasteiger partial charge in [-0.2, -0.15) is 0 Å². The summed E-state index contributed by atoms with van der Waals surface area (Å²) in [6, 6.07) is 4.46. The molecule has 1 aromatic heterocycles. The van der Waals surface area contributed by atoms with Crippen LogP contribution in [0.1, 0.15) is 61.2 Å². The van der Waals surface area contributed by atoms with Crippen molar-refractivity contribution in [3.05, 3.63) is 52.6 Å². The van der Waals surface area contributed by atoms with E-state index in [1.165, 1.54) is 22.3 Å². The van der Waals surface area contributed by atoms with Crippen LogP contribution in [0.3, 0.4) is 0 Å². The number of nitrogens with zero attached hydrogens (tertiary/aromatic N) is 3. The number of aryl methyl sites for hydroxylation is 3. The van der Waals surface area contributed by atoms with Gasteiger partial charge in [0.1, 0.15) is 5.82 Å². The minimum absolute atomic E-state index is 0.149. The van der Waals surface area contributed by atoms with Gasteiger partial charge in [0, 0.05) is 38.5 Å². The lowest BCUT2D eigenvalue weighted by Crippen LogP contribution is -2.38. The van der Waals surface area contributed by atoms with Gasteiger partial charge in [-0.3, -0.25) is 4.79 Å². The van der Waals surface area contributed by atoms with Crippen LogP contribution >= 0.6 is 0 Å². The molecule has 1 aliphatic rings. The molecule has 158 valence electrons. The third-order valence-corrected chi connectivity index (χ3v) is 5.69. The standard InChI is InChI=1S/C24H35N3O2/c1-17(2)11-24(28)27(14-21-7-6-10-29-21)16-23-25-8-9-26(23)15-22-19(4)12-18(3)13-20(22)5/h8-9,12-13,17,21H,6-7,10-11,14-16H2,1-5H3. The number of ether oxygens (including phenoxy) is 1. The van der Waals surface area contributed by atoms with Gasteiger partial charge < -0.3 is 14.2 Å². The lowest BCUT2D eigenvalue weighted by atomic mass is 10.00. The third-order valence-electron chi connectivity index (χ3n) is 5.69. The molecule has 1 saturated heterocycles. The molecule has 1 unspecified atom stereocenters. The van der Waals surface area contributed by atoms with Gasteiger partial charge in [0.05, 0.1) is 12.6 Å². The van der Waals surface area contributed by atoms with E-state index in [9.17, 15) is 4.79 Å². The normalized spacial score (nSPS) is 16.6. The second-order valence-electron chi connectivity index (χ2n) is 8.86. The molecule has 1 amide bonds. The van der Waals surface area contributed by atoms with Crippen LogP contribution in [0.25, 0.3) is 0 Å². The molecule has 29 heavy (non-hydrogen) atoms. The zero-order valence-electron chi connectivity index (χ0n) is 18.6. The van der Waals surface area contributed by atoms with Crippen molar-refractivity contribution < 1.29 is 9.53 Å². The first kappa shape index (κ1) is 21.6. The van der Waals surface area contributed by atoms with E-state index in [-0.39, 0.29) is 12.0 Å². The van der Waals surface area contributed by atoms with Crippen LogP contribution in [0.5, 0.6) is 0 Å². The molecular weight excluding hydrogens is 362 g/mol. The summed E-state index contributed by atoms with van der Waals surface area (Å²) < 4.78 is 7.98. The predicted octanol–water partition coefficient (Wildman–Crippen LogP) is 4.41. The van der Waals surface area contributed by atoms with Crippen molar-refractivity contribution in [3.8, 4) is 0 Å². The first-order chi connectivity index (χ1) is 13.8. The average molecular weight is 398 g/mol. The molecule has 0 bridgehead atoms. The molecule has 1 fully saturated rings. The lowest BCUT2D eigenvalue weighted by Gasteiger charge is -2.26. The molecule has 5 heteroatoms. The van der Waals surface area contributed by atoms with Crippen LogP contribution in [0.15, 0.2) is 24.5 Å².